The highest BCUT2D eigenvalue weighted by Crippen LogP contribution is 2.24. The van der Waals surface area contributed by atoms with Gasteiger partial charge in [0, 0.05) is 4.47 Å². The van der Waals surface area contributed by atoms with Crippen LogP contribution in [0.25, 0.3) is 0 Å². The molecular formula is C23H19BrN4O. The van der Waals surface area contributed by atoms with E-state index < -0.39 is 0 Å². The fraction of sp³-hybridized carbons (Fsp3) is 0.0870. The predicted molar refractivity (Wildman–Crippen MR) is 115 cm³/mol. The van der Waals surface area contributed by atoms with Crippen LogP contribution in [0.15, 0.2) is 95.6 Å². The van der Waals surface area contributed by atoms with Gasteiger partial charge in [0.2, 0.25) is 0 Å². The first-order valence-electron chi connectivity index (χ1n) is 9.24. The first kappa shape index (κ1) is 19.1. The van der Waals surface area contributed by atoms with Crippen molar-refractivity contribution in [3.8, 4) is 0 Å². The Morgan fingerprint density at radius 3 is 2.21 bits per heavy atom. The second-order valence-corrected chi connectivity index (χ2v) is 7.57. The van der Waals surface area contributed by atoms with Crippen molar-refractivity contribution >= 4 is 21.8 Å². The molecule has 1 N–H and O–H groups in total. The van der Waals surface area contributed by atoms with E-state index in [1.54, 1.807) is 10.9 Å². The number of aromatic nitrogens is 3. The fourth-order valence-corrected chi connectivity index (χ4v) is 3.38. The van der Waals surface area contributed by atoms with E-state index in [-0.39, 0.29) is 11.9 Å². The summed E-state index contributed by atoms with van der Waals surface area (Å²) in [5.41, 5.74) is 3.38. The molecule has 0 aliphatic carbocycles. The number of amides is 1. The smallest absolute Gasteiger partial charge is 0.274 e. The quantitative estimate of drug-likeness (QED) is 0.470. The molecule has 1 atom stereocenters. The van der Waals surface area contributed by atoms with Crippen molar-refractivity contribution in [1.82, 2.24) is 20.3 Å². The van der Waals surface area contributed by atoms with Crippen molar-refractivity contribution in [1.29, 1.82) is 0 Å². The Labute approximate surface area is 177 Å². The normalized spacial score (nSPS) is 11.8. The number of halogens is 1. The third kappa shape index (κ3) is 4.78. The Morgan fingerprint density at radius 1 is 0.897 bits per heavy atom. The summed E-state index contributed by atoms with van der Waals surface area (Å²) in [5.74, 6) is -0.263. The van der Waals surface area contributed by atoms with Crippen molar-refractivity contribution in [2.45, 2.75) is 12.6 Å². The highest BCUT2D eigenvalue weighted by atomic mass is 79.9. The largest absolute Gasteiger partial charge is 0.340 e. The topological polar surface area (TPSA) is 59.8 Å². The molecule has 0 aliphatic rings. The second-order valence-electron chi connectivity index (χ2n) is 6.66. The van der Waals surface area contributed by atoms with Gasteiger partial charge in [-0.15, -0.1) is 5.10 Å². The standard InChI is InChI=1S/C23H19BrN4O/c24-20-13-11-19(12-14-20)22(18-9-5-2-6-10-18)25-23(29)21-16-28(27-26-21)15-17-7-3-1-4-8-17/h1-14,16,22H,15H2,(H,25,29). The lowest BCUT2D eigenvalue weighted by molar-refractivity contribution is 0.0938. The first-order chi connectivity index (χ1) is 14.2. The monoisotopic (exact) mass is 446 g/mol. The predicted octanol–water partition coefficient (Wildman–Crippen LogP) is 4.61. The molecule has 0 saturated carbocycles. The molecule has 5 nitrogen and oxygen atoms in total. The molecule has 4 rings (SSSR count). The highest BCUT2D eigenvalue weighted by molar-refractivity contribution is 9.10. The maximum Gasteiger partial charge on any atom is 0.274 e. The minimum absolute atomic E-state index is 0.263. The van der Waals surface area contributed by atoms with E-state index in [1.165, 1.54) is 0 Å². The Bertz CT molecular complexity index is 1080. The summed E-state index contributed by atoms with van der Waals surface area (Å²) in [6.45, 7) is 0.565. The van der Waals surface area contributed by atoms with Crippen LogP contribution in [0.2, 0.25) is 0 Å². The number of carbonyl (C=O) groups excluding carboxylic acids is 1. The number of benzene rings is 3. The summed E-state index contributed by atoms with van der Waals surface area (Å²) in [6, 6.07) is 27.5. The summed E-state index contributed by atoms with van der Waals surface area (Å²) in [7, 11) is 0. The minimum atomic E-state index is -0.281. The highest BCUT2D eigenvalue weighted by Gasteiger charge is 2.19. The molecule has 1 unspecified atom stereocenters. The van der Waals surface area contributed by atoms with Gasteiger partial charge in [-0.3, -0.25) is 4.79 Å². The van der Waals surface area contributed by atoms with E-state index >= 15 is 0 Å². The average Bonchev–Trinajstić information content (AvgIpc) is 3.23. The van der Waals surface area contributed by atoms with Gasteiger partial charge in [-0.25, -0.2) is 4.68 Å². The van der Waals surface area contributed by atoms with Crippen LogP contribution >= 0.6 is 15.9 Å². The minimum Gasteiger partial charge on any atom is -0.340 e. The van der Waals surface area contributed by atoms with Gasteiger partial charge in [0.15, 0.2) is 5.69 Å². The summed E-state index contributed by atoms with van der Waals surface area (Å²) in [6.07, 6.45) is 1.67. The summed E-state index contributed by atoms with van der Waals surface area (Å²) in [4.78, 5) is 12.9. The Balaban J connectivity index is 1.55. The van der Waals surface area contributed by atoms with Crippen LogP contribution in [0.1, 0.15) is 33.2 Å². The van der Waals surface area contributed by atoms with Gasteiger partial charge >= 0.3 is 0 Å². The van der Waals surface area contributed by atoms with E-state index in [0.29, 0.717) is 12.2 Å². The van der Waals surface area contributed by atoms with Crippen molar-refractivity contribution in [2.24, 2.45) is 0 Å². The van der Waals surface area contributed by atoms with Crippen molar-refractivity contribution in [2.75, 3.05) is 0 Å². The molecule has 1 amide bonds. The third-order valence-corrected chi connectivity index (χ3v) is 5.10. The van der Waals surface area contributed by atoms with Crippen LogP contribution in [0.4, 0.5) is 0 Å². The molecule has 3 aromatic carbocycles. The summed E-state index contributed by atoms with van der Waals surface area (Å²) >= 11 is 3.46. The molecule has 0 fully saturated rings. The SMILES string of the molecule is O=C(NC(c1ccccc1)c1ccc(Br)cc1)c1cn(Cc2ccccc2)nn1. The first-order valence-corrected chi connectivity index (χ1v) is 10.0. The lowest BCUT2D eigenvalue weighted by Gasteiger charge is -2.19. The zero-order chi connectivity index (χ0) is 20.1. The van der Waals surface area contributed by atoms with Crippen LogP contribution in [-0.4, -0.2) is 20.9 Å². The van der Waals surface area contributed by atoms with Crippen LogP contribution in [0.5, 0.6) is 0 Å². The van der Waals surface area contributed by atoms with Crippen molar-refractivity contribution in [3.05, 3.63) is 118 Å². The zero-order valence-electron chi connectivity index (χ0n) is 15.6. The molecular weight excluding hydrogens is 428 g/mol. The number of nitrogens with one attached hydrogen (secondary N) is 1. The van der Waals surface area contributed by atoms with Crippen LogP contribution in [-0.2, 0) is 6.54 Å². The Kier molecular flexibility index (Phi) is 5.81. The van der Waals surface area contributed by atoms with Crippen LogP contribution in [0, 0.1) is 0 Å². The number of rotatable bonds is 6. The van der Waals surface area contributed by atoms with Gasteiger partial charge in [-0.1, -0.05) is 93.9 Å². The van der Waals surface area contributed by atoms with Gasteiger partial charge in [0.25, 0.3) is 5.91 Å². The Morgan fingerprint density at radius 2 is 1.52 bits per heavy atom. The molecule has 1 aromatic heterocycles. The lowest BCUT2D eigenvalue weighted by Crippen LogP contribution is -2.29. The van der Waals surface area contributed by atoms with E-state index in [0.717, 1.165) is 21.2 Å². The van der Waals surface area contributed by atoms with Crippen molar-refractivity contribution in [3.63, 3.8) is 0 Å². The average molecular weight is 447 g/mol. The van der Waals surface area contributed by atoms with E-state index in [4.69, 9.17) is 0 Å². The molecule has 4 aromatic rings. The van der Waals surface area contributed by atoms with E-state index in [9.17, 15) is 4.79 Å². The molecule has 0 aliphatic heterocycles. The van der Waals surface area contributed by atoms with Crippen LogP contribution < -0.4 is 5.32 Å². The number of carbonyl (C=O) groups is 1. The molecule has 0 spiro atoms. The molecule has 0 radical (unpaired) electrons. The zero-order valence-corrected chi connectivity index (χ0v) is 17.2. The number of hydrogen-bond acceptors (Lipinski definition) is 3. The maximum absolute atomic E-state index is 12.9. The lowest BCUT2D eigenvalue weighted by atomic mass is 9.98. The summed E-state index contributed by atoms with van der Waals surface area (Å²) < 4.78 is 2.66. The number of nitrogens with zero attached hydrogens (tertiary/aromatic N) is 3. The van der Waals surface area contributed by atoms with Gasteiger partial charge in [-0.05, 0) is 28.8 Å². The van der Waals surface area contributed by atoms with Crippen LogP contribution in [0.3, 0.4) is 0 Å². The van der Waals surface area contributed by atoms with E-state index in [1.807, 2.05) is 84.9 Å². The third-order valence-electron chi connectivity index (χ3n) is 4.57. The van der Waals surface area contributed by atoms with E-state index in [2.05, 4.69) is 31.6 Å². The van der Waals surface area contributed by atoms with Gasteiger partial charge < -0.3 is 5.32 Å². The van der Waals surface area contributed by atoms with Gasteiger partial charge in [0.1, 0.15) is 0 Å². The molecule has 29 heavy (non-hydrogen) atoms. The molecule has 6 heteroatoms. The van der Waals surface area contributed by atoms with Crippen molar-refractivity contribution < 1.29 is 4.79 Å². The maximum atomic E-state index is 12.9. The molecule has 1 heterocycles. The molecule has 0 bridgehead atoms. The Hall–Kier alpha value is -3.25. The van der Waals surface area contributed by atoms with Gasteiger partial charge in [0.05, 0.1) is 18.8 Å². The van der Waals surface area contributed by atoms with Gasteiger partial charge in [-0.2, -0.15) is 0 Å². The second kappa shape index (κ2) is 8.84. The molecule has 144 valence electrons. The summed E-state index contributed by atoms with van der Waals surface area (Å²) in [5, 5.41) is 11.2. The fourth-order valence-electron chi connectivity index (χ4n) is 3.12. The molecule has 0 saturated heterocycles. The number of hydrogen-bond donors (Lipinski definition) is 1.